The molecule has 1 aromatic carbocycles. The molecule has 0 atom stereocenters. The SMILES string of the molecule is Cc1ccc(C)c(-c2n[c]cs2)c1. The quantitative estimate of drug-likeness (QED) is 0.669. The molecule has 13 heavy (non-hydrogen) atoms. The first kappa shape index (κ1) is 8.45. The molecular formula is C11H10NS. The lowest BCUT2D eigenvalue weighted by Gasteiger charge is -2.02. The van der Waals surface area contributed by atoms with Gasteiger partial charge < -0.3 is 0 Å². The molecule has 0 spiro atoms. The Kier molecular flexibility index (Phi) is 2.15. The van der Waals surface area contributed by atoms with E-state index < -0.39 is 0 Å². The predicted octanol–water partition coefficient (Wildman–Crippen LogP) is 3.23. The van der Waals surface area contributed by atoms with Gasteiger partial charge in [0.05, 0.1) is 0 Å². The molecule has 1 aromatic heterocycles. The summed E-state index contributed by atoms with van der Waals surface area (Å²) in [6.07, 6.45) is 2.84. The van der Waals surface area contributed by atoms with Gasteiger partial charge in [-0.15, -0.1) is 11.3 Å². The zero-order chi connectivity index (χ0) is 9.26. The van der Waals surface area contributed by atoms with Crippen LogP contribution < -0.4 is 0 Å². The third-order valence-corrected chi connectivity index (χ3v) is 2.77. The summed E-state index contributed by atoms with van der Waals surface area (Å²) >= 11 is 1.63. The average Bonchev–Trinajstić information content (AvgIpc) is 2.61. The highest BCUT2D eigenvalue weighted by Gasteiger charge is 2.03. The van der Waals surface area contributed by atoms with Crippen LogP contribution in [0.25, 0.3) is 10.6 Å². The van der Waals surface area contributed by atoms with Crippen molar-refractivity contribution in [3.05, 3.63) is 40.9 Å². The number of aryl methyl sites for hydroxylation is 2. The van der Waals surface area contributed by atoms with Gasteiger partial charge >= 0.3 is 0 Å². The van der Waals surface area contributed by atoms with Crippen LogP contribution in [0.5, 0.6) is 0 Å². The maximum Gasteiger partial charge on any atom is 0.124 e. The molecule has 0 aliphatic heterocycles. The molecule has 2 rings (SSSR count). The molecular weight excluding hydrogens is 178 g/mol. The lowest BCUT2D eigenvalue weighted by atomic mass is 10.1. The summed E-state index contributed by atoms with van der Waals surface area (Å²) in [6.45, 7) is 4.20. The molecule has 1 heterocycles. The average molecular weight is 188 g/mol. The maximum atomic E-state index is 4.18. The first-order valence-corrected chi connectivity index (χ1v) is 5.04. The van der Waals surface area contributed by atoms with Crippen LogP contribution in [0.2, 0.25) is 0 Å². The number of rotatable bonds is 1. The Hall–Kier alpha value is -1.15. The van der Waals surface area contributed by atoms with Crippen molar-refractivity contribution in [2.75, 3.05) is 0 Å². The standard InChI is InChI=1S/C11H10NS/c1-8-3-4-9(2)10(7-8)11-12-5-6-13-11/h3-4,6-7H,1-2H3. The third kappa shape index (κ3) is 1.63. The van der Waals surface area contributed by atoms with Gasteiger partial charge in [-0.2, -0.15) is 0 Å². The van der Waals surface area contributed by atoms with E-state index in [1.165, 1.54) is 16.7 Å². The van der Waals surface area contributed by atoms with Crippen molar-refractivity contribution in [3.8, 4) is 10.6 Å². The second kappa shape index (κ2) is 3.30. The Morgan fingerprint density at radius 2 is 2.15 bits per heavy atom. The van der Waals surface area contributed by atoms with Crippen molar-refractivity contribution in [3.63, 3.8) is 0 Å². The Bertz CT molecular complexity index is 404. The lowest BCUT2D eigenvalue weighted by Crippen LogP contribution is -1.83. The molecule has 0 aliphatic rings. The first-order valence-electron chi connectivity index (χ1n) is 4.16. The number of thiazole rings is 1. The minimum atomic E-state index is 1.06. The number of hydrogen-bond acceptors (Lipinski definition) is 2. The van der Waals surface area contributed by atoms with Crippen LogP contribution in [0.15, 0.2) is 23.6 Å². The van der Waals surface area contributed by atoms with E-state index in [2.05, 4.69) is 43.2 Å². The minimum absolute atomic E-state index is 1.06. The number of nitrogens with zero attached hydrogens (tertiary/aromatic N) is 1. The summed E-state index contributed by atoms with van der Waals surface area (Å²) in [7, 11) is 0. The Balaban J connectivity index is 2.57. The molecule has 0 N–H and O–H groups in total. The van der Waals surface area contributed by atoms with Gasteiger partial charge in [-0.3, -0.25) is 0 Å². The number of hydrogen-bond donors (Lipinski definition) is 0. The maximum absolute atomic E-state index is 4.18. The molecule has 2 aromatic rings. The van der Waals surface area contributed by atoms with E-state index in [1.807, 2.05) is 5.38 Å². The van der Waals surface area contributed by atoms with E-state index in [0.29, 0.717) is 0 Å². The fraction of sp³-hybridized carbons (Fsp3) is 0.182. The molecule has 1 radical (unpaired) electrons. The van der Waals surface area contributed by atoms with Gasteiger partial charge in [0.1, 0.15) is 11.2 Å². The van der Waals surface area contributed by atoms with Crippen molar-refractivity contribution in [1.82, 2.24) is 4.98 Å². The van der Waals surface area contributed by atoms with E-state index in [0.717, 1.165) is 5.01 Å². The van der Waals surface area contributed by atoms with E-state index in [9.17, 15) is 0 Å². The summed E-state index contributed by atoms with van der Waals surface area (Å²) in [5.74, 6) is 0. The fourth-order valence-electron chi connectivity index (χ4n) is 1.28. The topological polar surface area (TPSA) is 12.9 Å². The largest absolute Gasteiger partial charge is 0.234 e. The van der Waals surface area contributed by atoms with Gasteiger partial charge in [0.25, 0.3) is 0 Å². The van der Waals surface area contributed by atoms with Crippen molar-refractivity contribution < 1.29 is 0 Å². The second-order valence-electron chi connectivity index (χ2n) is 3.10. The molecule has 0 saturated heterocycles. The van der Waals surface area contributed by atoms with Crippen LogP contribution in [-0.4, -0.2) is 4.98 Å². The van der Waals surface area contributed by atoms with E-state index >= 15 is 0 Å². The molecule has 0 fully saturated rings. The van der Waals surface area contributed by atoms with Crippen LogP contribution in [0, 0.1) is 20.0 Å². The van der Waals surface area contributed by atoms with Crippen molar-refractivity contribution in [1.29, 1.82) is 0 Å². The Morgan fingerprint density at radius 1 is 1.31 bits per heavy atom. The smallest absolute Gasteiger partial charge is 0.124 e. The normalized spacial score (nSPS) is 10.3. The van der Waals surface area contributed by atoms with Gasteiger partial charge in [-0.1, -0.05) is 17.7 Å². The summed E-state index contributed by atoms with van der Waals surface area (Å²) in [5, 5.41) is 2.94. The lowest BCUT2D eigenvalue weighted by molar-refractivity contribution is 1.34. The van der Waals surface area contributed by atoms with E-state index in [-0.39, 0.29) is 0 Å². The van der Waals surface area contributed by atoms with Gasteiger partial charge in [0.15, 0.2) is 0 Å². The Labute approximate surface area is 82.1 Å². The highest BCUT2D eigenvalue weighted by Crippen LogP contribution is 2.25. The fourth-order valence-corrected chi connectivity index (χ4v) is 1.95. The van der Waals surface area contributed by atoms with Crippen molar-refractivity contribution in [2.24, 2.45) is 0 Å². The van der Waals surface area contributed by atoms with Crippen molar-refractivity contribution in [2.45, 2.75) is 13.8 Å². The second-order valence-corrected chi connectivity index (χ2v) is 3.96. The third-order valence-electron chi connectivity index (χ3n) is 2.01. The molecule has 0 bridgehead atoms. The van der Waals surface area contributed by atoms with Gasteiger partial charge in [0.2, 0.25) is 0 Å². The summed E-state index contributed by atoms with van der Waals surface area (Å²) < 4.78 is 0. The molecule has 0 aliphatic carbocycles. The number of aromatic nitrogens is 1. The van der Waals surface area contributed by atoms with E-state index in [4.69, 9.17) is 0 Å². The van der Waals surface area contributed by atoms with Gasteiger partial charge in [-0.05, 0) is 25.5 Å². The van der Waals surface area contributed by atoms with Crippen LogP contribution >= 0.6 is 11.3 Å². The first-order chi connectivity index (χ1) is 6.27. The number of benzene rings is 1. The zero-order valence-corrected chi connectivity index (χ0v) is 8.48. The van der Waals surface area contributed by atoms with Crippen molar-refractivity contribution >= 4 is 11.3 Å². The van der Waals surface area contributed by atoms with E-state index in [1.54, 1.807) is 11.3 Å². The van der Waals surface area contributed by atoms with Gasteiger partial charge in [0, 0.05) is 10.9 Å². The minimum Gasteiger partial charge on any atom is -0.234 e. The molecule has 1 nitrogen and oxygen atoms in total. The zero-order valence-electron chi connectivity index (χ0n) is 7.66. The molecule has 2 heteroatoms. The highest BCUT2D eigenvalue weighted by atomic mass is 32.1. The van der Waals surface area contributed by atoms with Crippen LogP contribution in [0.1, 0.15) is 11.1 Å². The molecule has 0 unspecified atom stereocenters. The van der Waals surface area contributed by atoms with Crippen LogP contribution in [0.4, 0.5) is 0 Å². The Morgan fingerprint density at radius 3 is 2.85 bits per heavy atom. The van der Waals surface area contributed by atoms with Gasteiger partial charge in [-0.25, -0.2) is 4.98 Å². The molecule has 0 amide bonds. The molecule has 0 saturated carbocycles. The molecule has 65 valence electrons. The monoisotopic (exact) mass is 188 g/mol. The van der Waals surface area contributed by atoms with Crippen LogP contribution in [0.3, 0.4) is 0 Å². The summed E-state index contributed by atoms with van der Waals surface area (Å²) in [6, 6.07) is 6.42. The summed E-state index contributed by atoms with van der Waals surface area (Å²) in [5.41, 5.74) is 3.77. The van der Waals surface area contributed by atoms with Crippen LogP contribution in [-0.2, 0) is 0 Å². The predicted molar refractivity (Wildman–Crippen MR) is 55.9 cm³/mol. The summed E-state index contributed by atoms with van der Waals surface area (Å²) in [4.78, 5) is 4.18. The highest BCUT2D eigenvalue weighted by molar-refractivity contribution is 7.13.